The van der Waals surface area contributed by atoms with Crippen molar-refractivity contribution in [2.24, 2.45) is 5.92 Å². The summed E-state index contributed by atoms with van der Waals surface area (Å²) in [6, 6.07) is 7.77. The van der Waals surface area contributed by atoms with Crippen molar-refractivity contribution in [3.05, 3.63) is 34.9 Å². The molecule has 0 bridgehead atoms. The highest BCUT2D eigenvalue weighted by atomic mass is 35.5. The van der Waals surface area contributed by atoms with E-state index in [4.69, 9.17) is 16.3 Å². The predicted octanol–water partition coefficient (Wildman–Crippen LogP) is 3.85. The first-order valence-electron chi connectivity index (χ1n) is 7.60. The molecule has 1 saturated carbocycles. The molecule has 2 rings (SSSR count). The SMILES string of the molecule is CCC(=O)OC(CCN(C)C)(c1cccc(Cl)c1)C1CC1. The quantitative estimate of drug-likeness (QED) is 0.717. The Balaban J connectivity index is 2.36. The van der Waals surface area contributed by atoms with Crippen molar-refractivity contribution in [3.63, 3.8) is 0 Å². The van der Waals surface area contributed by atoms with Gasteiger partial charge in [0.15, 0.2) is 0 Å². The lowest BCUT2D eigenvalue weighted by molar-refractivity contribution is -0.165. The van der Waals surface area contributed by atoms with E-state index in [0.29, 0.717) is 17.4 Å². The van der Waals surface area contributed by atoms with E-state index >= 15 is 0 Å². The molecule has 0 saturated heterocycles. The Morgan fingerprint density at radius 1 is 1.43 bits per heavy atom. The summed E-state index contributed by atoms with van der Waals surface area (Å²) >= 11 is 6.16. The van der Waals surface area contributed by atoms with Gasteiger partial charge >= 0.3 is 5.97 Å². The number of benzene rings is 1. The molecule has 1 aliphatic carbocycles. The third-order valence-electron chi connectivity index (χ3n) is 4.07. The highest BCUT2D eigenvalue weighted by molar-refractivity contribution is 6.30. The monoisotopic (exact) mass is 309 g/mol. The molecule has 1 atom stereocenters. The van der Waals surface area contributed by atoms with Crippen LogP contribution in [0.3, 0.4) is 0 Å². The second-order valence-corrected chi connectivity index (χ2v) is 6.49. The minimum absolute atomic E-state index is 0.138. The van der Waals surface area contributed by atoms with Crippen LogP contribution in [0.15, 0.2) is 24.3 Å². The third kappa shape index (κ3) is 3.98. The molecule has 0 N–H and O–H groups in total. The van der Waals surface area contributed by atoms with E-state index in [0.717, 1.165) is 31.4 Å². The van der Waals surface area contributed by atoms with E-state index in [1.54, 1.807) is 0 Å². The lowest BCUT2D eigenvalue weighted by Gasteiger charge is -2.35. The van der Waals surface area contributed by atoms with Gasteiger partial charge in [-0.3, -0.25) is 4.79 Å². The van der Waals surface area contributed by atoms with E-state index in [1.165, 1.54) is 0 Å². The molecule has 0 amide bonds. The maximum atomic E-state index is 12.0. The van der Waals surface area contributed by atoms with E-state index < -0.39 is 5.60 Å². The topological polar surface area (TPSA) is 29.5 Å². The zero-order valence-corrected chi connectivity index (χ0v) is 13.8. The first kappa shape index (κ1) is 16.3. The molecule has 1 fully saturated rings. The maximum absolute atomic E-state index is 12.0. The van der Waals surface area contributed by atoms with Crippen LogP contribution in [-0.2, 0) is 15.1 Å². The zero-order valence-electron chi connectivity index (χ0n) is 13.1. The Kier molecular flexibility index (Phi) is 5.28. The lowest BCUT2D eigenvalue weighted by Crippen LogP contribution is -2.37. The number of carbonyl (C=O) groups excluding carboxylic acids is 1. The van der Waals surface area contributed by atoms with Crippen LogP contribution < -0.4 is 0 Å². The molecule has 0 spiro atoms. The fourth-order valence-electron chi connectivity index (χ4n) is 2.74. The Morgan fingerprint density at radius 2 is 2.14 bits per heavy atom. The van der Waals surface area contributed by atoms with Gasteiger partial charge in [-0.15, -0.1) is 0 Å². The van der Waals surface area contributed by atoms with Crippen LogP contribution in [0.2, 0.25) is 5.02 Å². The van der Waals surface area contributed by atoms with Gasteiger partial charge in [0.1, 0.15) is 5.60 Å². The number of hydrogen-bond donors (Lipinski definition) is 0. The van der Waals surface area contributed by atoms with Crippen LogP contribution in [0.5, 0.6) is 0 Å². The molecule has 0 aromatic heterocycles. The van der Waals surface area contributed by atoms with Crippen molar-refractivity contribution < 1.29 is 9.53 Å². The van der Waals surface area contributed by atoms with E-state index in [1.807, 2.05) is 45.3 Å². The first-order chi connectivity index (χ1) is 9.98. The minimum Gasteiger partial charge on any atom is -0.454 e. The summed E-state index contributed by atoms with van der Waals surface area (Å²) in [6.07, 6.45) is 3.42. The van der Waals surface area contributed by atoms with Crippen LogP contribution in [0, 0.1) is 5.92 Å². The Hall–Kier alpha value is -1.06. The van der Waals surface area contributed by atoms with Gasteiger partial charge in [-0.05, 0) is 44.6 Å². The molecule has 1 aromatic carbocycles. The van der Waals surface area contributed by atoms with Crippen molar-refractivity contribution in [1.29, 1.82) is 0 Å². The second-order valence-electron chi connectivity index (χ2n) is 6.06. The molecule has 1 unspecified atom stereocenters. The van der Waals surface area contributed by atoms with Crippen molar-refractivity contribution in [1.82, 2.24) is 4.90 Å². The molecule has 3 nitrogen and oxygen atoms in total. The number of ether oxygens (including phenoxy) is 1. The highest BCUT2D eigenvalue weighted by Crippen LogP contribution is 2.51. The molecule has 0 heterocycles. The Bertz CT molecular complexity index is 499. The van der Waals surface area contributed by atoms with Crippen LogP contribution >= 0.6 is 11.6 Å². The summed E-state index contributed by atoms with van der Waals surface area (Å²) in [5.74, 6) is 0.270. The largest absolute Gasteiger partial charge is 0.454 e. The molecular weight excluding hydrogens is 286 g/mol. The van der Waals surface area contributed by atoms with Gasteiger partial charge in [0.2, 0.25) is 0 Å². The Morgan fingerprint density at radius 3 is 2.67 bits per heavy atom. The summed E-state index contributed by atoms with van der Waals surface area (Å²) in [5.41, 5.74) is 0.503. The normalized spacial score (nSPS) is 17.6. The molecule has 0 radical (unpaired) electrons. The average Bonchev–Trinajstić information content (AvgIpc) is 3.28. The van der Waals surface area contributed by atoms with Gasteiger partial charge in [0, 0.05) is 30.3 Å². The van der Waals surface area contributed by atoms with E-state index in [2.05, 4.69) is 4.90 Å². The fourth-order valence-corrected chi connectivity index (χ4v) is 2.93. The number of esters is 1. The van der Waals surface area contributed by atoms with Crippen LogP contribution in [0.4, 0.5) is 0 Å². The van der Waals surface area contributed by atoms with Gasteiger partial charge in [0.25, 0.3) is 0 Å². The summed E-state index contributed by atoms with van der Waals surface area (Å²) in [5, 5.41) is 0.690. The third-order valence-corrected chi connectivity index (χ3v) is 4.30. The van der Waals surface area contributed by atoms with E-state index in [9.17, 15) is 4.79 Å². The fraction of sp³-hybridized carbons (Fsp3) is 0.588. The number of halogens is 1. The molecule has 1 aliphatic rings. The number of hydrogen-bond acceptors (Lipinski definition) is 3. The summed E-state index contributed by atoms with van der Waals surface area (Å²) in [7, 11) is 4.08. The van der Waals surface area contributed by atoms with Crippen molar-refractivity contribution in [2.75, 3.05) is 20.6 Å². The van der Waals surface area contributed by atoms with Crippen molar-refractivity contribution in [3.8, 4) is 0 Å². The molecular formula is C17H24ClNO2. The molecule has 116 valence electrons. The molecule has 4 heteroatoms. The summed E-state index contributed by atoms with van der Waals surface area (Å²) in [4.78, 5) is 14.1. The number of carbonyl (C=O) groups is 1. The molecule has 21 heavy (non-hydrogen) atoms. The van der Waals surface area contributed by atoms with Crippen LogP contribution in [-0.4, -0.2) is 31.5 Å². The summed E-state index contributed by atoms with van der Waals surface area (Å²) in [6.45, 7) is 2.71. The van der Waals surface area contributed by atoms with Crippen LogP contribution in [0.1, 0.15) is 38.2 Å². The van der Waals surface area contributed by atoms with Gasteiger partial charge in [0.05, 0.1) is 0 Å². The second kappa shape index (κ2) is 6.80. The molecule has 0 aliphatic heterocycles. The van der Waals surface area contributed by atoms with Gasteiger partial charge < -0.3 is 9.64 Å². The molecule has 1 aromatic rings. The average molecular weight is 310 g/mol. The predicted molar refractivity (Wildman–Crippen MR) is 85.4 cm³/mol. The summed E-state index contributed by atoms with van der Waals surface area (Å²) < 4.78 is 5.98. The Labute approximate surface area is 132 Å². The van der Waals surface area contributed by atoms with E-state index in [-0.39, 0.29) is 5.97 Å². The number of nitrogens with zero attached hydrogens (tertiary/aromatic N) is 1. The number of rotatable bonds is 7. The van der Waals surface area contributed by atoms with Crippen LogP contribution in [0.25, 0.3) is 0 Å². The van der Waals surface area contributed by atoms with Crippen molar-refractivity contribution >= 4 is 17.6 Å². The van der Waals surface area contributed by atoms with Gasteiger partial charge in [-0.2, -0.15) is 0 Å². The lowest BCUT2D eigenvalue weighted by atomic mass is 9.85. The smallest absolute Gasteiger partial charge is 0.306 e. The zero-order chi connectivity index (χ0) is 15.5. The van der Waals surface area contributed by atoms with Crippen molar-refractivity contribution in [2.45, 2.75) is 38.2 Å². The van der Waals surface area contributed by atoms with Gasteiger partial charge in [-0.25, -0.2) is 0 Å². The standard InChI is InChI=1S/C17H24ClNO2/c1-4-16(20)21-17(13-8-9-13,10-11-19(2)3)14-6-5-7-15(18)12-14/h5-7,12-13H,4,8-11H2,1-3H3. The first-order valence-corrected chi connectivity index (χ1v) is 7.98. The highest BCUT2D eigenvalue weighted by Gasteiger charge is 2.49. The maximum Gasteiger partial charge on any atom is 0.306 e. The minimum atomic E-state index is -0.526. The van der Waals surface area contributed by atoms with Gasteiger partial charge in [-0.1, -0.05) is 30.7 Å².